The molecule has 0 spiro atoms. The molecule has 13 heavy (non-hydrogen) atoms. The molecule has 1 saturated heterocycles. The van der Waals surface area contributed by atoms with Crippen LogP contribution in [-0.4, -0.2) is 29.7 Å². The van der Waals surface area contributed by atoms with Gasteiger partial charge in [0.2, 0.25) is 5.91 Å². The van der Waals surface area contributed by atoms with Crippen LogP contribution in [0, 0.1) is 11.8 Å². The molecule has 0 radical (unpaired) electrons. The van der Waals surface area contributed by atoms with Crippen LogP contribution in [0.2, 0.25) is 0 Å². The Balaban J connectivity index is 2.50. The van der Waals surface area contributed by atoms with Gasteiger partial charge in [-0.3, -0.25) is 9.59 Å². The van der Waals surface area contributed by atoms with Gasteiger partial charge in [0.1, 0.15) is 5.78 Å². The standard InChI is InChI=1S/C10H17NO2/c1-7(2)10(13)9-4-5-11(6-9)8(3)12/h7,9H,4-6H2,1-3H3. The summed E-state index contributed by atoms with van der Waals surface area (Å²) in [5, 5.41) is 0. The lowest BCUT2D eigenvalue weighted by atomic mass is 9.95. The van der Waals surface area contributed by atoms with E-state index in [0.29, 0.717) is 12.3 Å². The Bertz CT molecular complexity index is 223. The summed E-state index contributed by atoms with van der Waals surface area (Å²) in [6, 6.07) is 0. The molecule has 0 N–H and O–H groups in total. The van der Waals surface area contributed by atoms with Gasteiger partial charge >= 0.3 is 0 Å². The third kappa shape index (κ3) is 2.29. The lowest BCUT2D eigenvalue weighted by Crippen LogP contribution is -2.28. The summed E-state index contributed by atoms with van der Waals surface area (Å²) in [7, 11) is 0. The van der Waals surface area contributed by atoms with E-state index in [1.807, 2.05) is 13.8 Å². The van der Waals surface area contributed by atoms with Crippen LogP contribution in [0.5, 0.6) is 0 Å². The van der Waals surface area contributed by atoms with Gasteiger partial charge in [0, 0.05) is 31.8 Å². The molecular formula is C10H17NO2. The first kappa shape index (κ1) is 10.2. The second-order valence-corrected chi connectivity index (χ2v) is 4.01. The summed E-state index contributed by atoms with van der Waals surface area (Å²) in [4.78, 5) is 24.3. The fourth-order valence-electron chi connectivity index (χ4n) is 1.75. The largest absolute Gasteiger partial charge is 0.342 e. The van der Waals surface area contributed by atoms with Crippen molar-refractivity contribution in [2.45, 2.75) is 27.2 Å². The molecule has 1 heterocycles. The first-order valence-corrected chi connectivity index (χ1v) is 4.81. The topological polar surface area (TPSA) is 37.4 Å². The minimum atomic E-state index is 0.0825. The summed E-state index contributed by atoms with van der Waals surface area (Å²) in [6.45, 7) is 6.77. The Labute approximate surface area is 79.1 Å². The van der Waals surface area contributed by atoms with Gasteiger partial charge in [-0.2, -0.15) is 0 Å². The smallest absolute Gasteiger partial charge is 0.219 e. The molecule has 0 bridgehead atoms. The van der Waals surface area contributed by atoms with E-state index in [1.165, 1.54) is 0 Å². The molecule has 0 saturated carbocycles. The molecule has 1 rings (SSSR count). The van der Waals surface area contributed by atoms with Crippen LogP contribution >= 0.6 is 0 Å². The number of amides is 1. The van der Waals surface area contributed by atoms with Crippen molar-refractivity contribution in [3.8, 4) is 0 Å². The van der Waals surface area contributed by atoms with E-state index in [4.69, 9.17) is 0 Å². The first-order valence-electron chi connectivity index (χ1n) is 4.81. The average molecular weight is 183 g/mol. The quantitative estimate of drug-likeness (QED) is 0.642. The summed E-state index contributed by atoms with van der Waals surface area (Å²) in [5.74, 6) is 0.559. The third-order valence-corrected chi connectivity index (χ3v) is 2.60. The monoisotopic (exact) mass is 183 g/mol. The Morgan fingerprint density at radius 3 is 2.38 bits per heavy atom. The molecule has 0 aromatic heterocycles. The fourth-order valence-corrected chi connectivity index (χ4v) is 1.75. The van der Waals surface area contributed by atoms with Crippen molar-refractivity contribution in [1.29, 1.82) is 0 Å². The van der Waals surface area contributed by atoms with Gasteiger partial charge in [-0.15, -0.1) is 0 Å². The van der Waals surface area contributed by atoms with E-state index in [-0.39, 0.29) is 17.7 Å². The van der Waals surface area contributed by atoms with E-state index >= 15 is 0 Å². The maximum atomic E-state index is 11.6. The number of nitrogens with zero attached hydrogens (tertiary/aromatic N) is 1. The van der Waals surface area contributed by atoms with Crippen molar-refractivity contribution in [2.24, 2.45) is 11.8 Å². The third-order valence-electron chi connectivity index (χ3n) is 2.60. The van der Waals surface area contributed by atoms with E-state index < -0.39 is 0 Å². The predicted molar refractivity (Wildman–Crippen MR) is 50.2 cm³/mol. The molecular weight excluding hydrogens is 166 g/mol. The van der Waals surface area contributed by atoms with E-state index in [9.17, 15) is 9.59 Å². The number of hydrogen-bond acceptors (Lipinski definition) is 2. The van der Waals surface area contributed by atoms with E-state index in [0.717, 1.165) is 13.0 Å². The van der Waals surface area contributed by atoms with E-state index in [2.05, 4.69) is 0 Å². The molecule has 0 aliphatic carbocycles. The molecule has 3 heteroatoms. The predicted octanol–water partition coefficient (Wildman–Crippen LogP) is 1.08. The van der Waals surface area contributed by atoms with Crippen molar-refractivity contribution in [2.75, 3.05) is 13.1 Å². The number of ketones is 1. The highest BCUT2D eigenvalue weighted by Gasteiger charge is 2.30. The molecule has 0 aromatic rings. The van der Waals surface area contributed by atoms with Crippen LogP contribution in [0.15, 0.2) is 0 Å². The molecule has 1 aliphatic rings. The van der Waals surface area contributed by atoms with Crippen molar-refractivity contribution in [1.82, 2.24) is 4.90 Å². The molecule has 1 fully saturated rings. The van der Waals surface area contributed by atoms with Crippen LogP contribution in [0.1, 0.15) is 27.2 Å². The maximum absolute atomic E-state index is 11.6. The molecule has 1 amide bonds. The Kier molecular flexibility index (Phi) is 3.07. The minimum Gasteiger partial charge on any atom is -0.342 e. The lowest BCUT2D eigenvalue weighted by molar-refractivity contribution is -0.128. The zero-order valence-corrected chi connectivity index (χ0v) is 8.54. The number of hydrogen-bond donors (Lipinski definition) is 0. The number of likely N-dealkylation sites (tertiary alicyclic amines) is 1. The zero-order valence-electron chi connectivity index (χ0n) is 8.54. The Hall–Kier alpha value is -0.860. The van der Waals surface area contributed by atoms with Gasteiger partial charge in [-0.1, -0.05) is 13.8 Å². The average Bonchev–Trinajstić information content (AvgIpc) is 2.50. The highest BCUT2D eigenvalue weighted by Crippen LogP contribution is 2.20. The van der Waals surface area contributed by atoms with Gasteiger partial charge in [-0.25, -0.2) is 0 Å². The van der Waals surface area contributed by atoms with Gasteiger partial charge in [0.05, 0.1) is 0 Å². The van der Waals surface area contributed by atoms with Crippen molar-refractivity contribution < 1.29 is 9.59 Å². The first-order chi connectivity index (χ1) is 6.02. The maximum Gasteiger partial charge on any atom is 0.219 e. The SMILES string of the molecule is CC(=O)N1CCC(C(=O)C(C)C)C1. The van der Waals surface area contributed by atoms with Crippen molar-refractivity contribution in [3.63, 3.8) is 0 Å². The number of Topliss-reactive ketones (excluding diaryl/α,β-unsaturated/α-hetero) is 1. The summed E-state index contributed by atoms with van der Waals surface area (Å²) in [6.07, 6.45) is 0.844. The highest BCUT2D eigenvalue weighted by atomic mass is 16.2. The van der Waals surface area contributed by atoms with Crippen LogP contribution in [-0.2, 0) is 9.59 Å². The highest BCUT2D eigenvalue weighted by molar-refractivity contribution is 5.84. The van der Waals surface area contributed by atoms with Crippen LogP contribution in [0.25, 0.3) is 0 Å². The van der Waals surface area contributed by atoms with Crippen molar-refractivity contribution in [3.05, 3.63) is 0 Å². The molecule has 1 atom stereocenters. The lowest BCUT2D eigenvalue weighted by Gasteiger charge is -2.14. The number of rotatable bonds is 2. The zero-order chi connectivity index (χ0) is 10.0. The van der Waals surface area contributed by atoms with Gasteiger partial charge in [0.25, 0.3) is 0 Å². The van der Waals surface area contributed by atoms with Crippen molar-refractivity contribution >= 4 is 11.7 Å². The van der Waals surface area contributed by atoms with Gasteiger partial charge < -0.3 is 4.90 Å². The second kappa shape index (κ2) is 3.90. The summed E-state index contributed by atoms with van der Waals surface area (Å²) >= 11 is 0. The number of carbonyl (C=O) groups excluding carboxylic acids is 2. The molecule has 74 valence electrons. The van der Waals surface area contributed by atoms with Crippen LogP contribution < -0.4 is 0 Å². The molecule has 1 aliphatic heterocycles. The number of carbonyl (C=O) groups is 2. The second-order valence-electron chi connectivity index (χ2n) is 4.01. The van der Waals surface area contributed by atoms with E-state index in [1.54, 1.807) is 11.8 Å². The molecule has 3 nitrogen and oxygen atoms in total. The minimum absolute atomic E-state index is 0.0825. The summed E-state index contributed by atoms with van der Waals surface area (Å²) < 4.78 is 0. The normalized spacial score (nSPS) is 22.5. The fraction of sp³-hybridized carbons (Fsp3) is 0.800. The molecule has 1 unspecified atom stereocenters. The van der Waals surface area contributed by atoms with Crippen LogP contribution in [0.4, 0.5) is 0 Å². The Morgan fingerprint density at radius 2 is 2.00 bits per heavy atom. The Morgan fingerprint density at radius 1 is 1.38 bits per heavy atom. The van der Waals surface area contributed by atoms with Gasteiger partial charge in [0.15, 0.2) is 0 Å². The molecule has 0 aromatic carbocycles. The van der Waals surface area contributed by atoms with Crippen LogP contribution in [0.3, 0.4) is 0 Å². The summed E-state index contributed by atoms with van der Waals surface area (Å²) in [5.41, 5.74) is 0. The van der Waals surface area contributed by atoms with Gasteiger partial charge in [-0.05, 0) is 6.42 Å².